The van der Waals surface area contributed by atoms with Gasteiger partial charge in [0.1, 0.15) is 10.6 Å². The van der Waals surface area contributed by atoms with Crippen LogP contribution in [0, 0.1) is 17.6 Å². The first-order chi connectivity index (χ1) is 14.8. The van der Waals surface area contributed by atoms with Gasteiger partial charge in [-0.05, 0) is 36.9 Å². The van der Waals surface area contributed by atoms with Crippen LogP contribution in [0.3, 0.4) is 0 Å². The zero-order valence-corrected chi connectivity index (χ0v) is 16.9. The summed E-state index contributed by atoms with van der Waals surface area (Å²) in [6.07, 6.45) is 4.71. The summed E-state index contributed by atoms with van der Waals surface area (Å²) in [5.74, 6) is -4.02. The summed E-state index contributed by atoms with van der Waals surface area (Å²) in [4.78, 5) is 6.82. The summed E-state index contributed by atoms with van der Waals surface area (Å²) in [5, 5.41) is 6.06. The number of hydrogen-bond donors (Lipinski definition) is 2. The zero-order valence-electron chi connectivity index (χ0n) is 16.1. The molecule has 0 amide bonds. The van der Waals surface area contributed by atoms with E-state index in [2.05, 4.69) is 20.6 Å². The lowest BCUT2D eigenvalue weighted by atomic mass is 10.1. The summed E-state index contributed by atoms with van der Waals surface area (Å²) in [6.45, 7) is 0.387. The highest BCUT2D eigenvalue weighted by Gasteiger charge is 2.22. The van der Waals surface area contributed by atoms with Gasteiger partial charge in [-0.1, -0.05) is 6.07 Å². The Morgan fingerprint density at radius 3 is 2.65 bits per heavy atom. The molecule has 0 saturated carbocycles. The van der Waals surface area contributed by atoms with Crippen LogP contribution >= 0.6 is 0 Å². The highest BCUT2D eigenvalue weighted by atomic mass is 32.2. The van der Waals surface area contributed by atoms with Crippen LogP contribution in [-0.4, -0.2) is 29.4 Å². The number of hydrogen-bond acceptors (Lipinski definition) is 6. The first-order valence-electron chi connectivity index (χ1n) is 9.03. The summed E-state index contributed by atoms with van der Waals surface area (Å²) in [6, 6.07) is 7.47. The number of aromatic nitrogens is 3. The number of rotatable bonds is 6. The van der Waals surface area contributed by atoms with Crippen molar-refractivity contribution in [3.05, 3.63) is 78.3 Å². The monoisotopic (exact) mass is 447 g/mol. The molecule has 0 unspecified atom stereocenters. The fourth-order valence-corrected chi connectivity index (χ4v) is 4.54. The fourth-order valence-electron chi connectivity index (χ4n) is 3.19. The molecular weight excluding hydrogens is 431 g/mol. The topological polar surface area (TPSA) is 88.9 Å². The standard InChI is InChI=1S/C20H16F3N5O2S/c1-24-8-12-11-28(31(29,30)14-3-2-6-25-9-14)17-7-13(4-5-15(12)17)27-19-16(21)10-26-20(23)18(19)22/h2-7,9-11,24H,8H2,1H3,(H,26,27). The minimum Gasteiger partial charge on any atom is -0.350 e. The van der Waals surface area contributed by atoms with Crippen molar-refractivity contribution in [2.24, 2.45) is 0 Å². The predicted molar refractivity (Wildman–Crippen MR) is 109 cm³/mol. The van der Waals surface area contributed by atoms with Crippen LogP contribution in [0.15, 0.2) is 60.0 Å². The molecule has 31 heavy (non-hydrogen) atoms. The van der Waals surface area contributed by atoms with Crippen molar-refractivity contribution < 1.29 is 21.6 Å². The number of anilines is 2. The maximum atomic E-state index is 14.0. The number of nitrogens with zero attached hydrogens (tertiary/aromatic N) is 3. The number of pyridine rings is 2. The summed E-state index contributed by atoms with van der Waals surface area (Å²) < 4.78 is 68.9. The van der Waals surface area contributed by atoms with Crippen LogP contribution < -0.4 is 10.6 Å². The first-order valence-corrected chi connectivity index (χ1v) is 10.5. The maximum Gasteiger partial charge on any atom is 0.269 e. The lowest BCUT2D eigenvalue weighted by Gasteiger charge is -2.11. The highest BCUT2D eigenvalue weighted by molar-refractivity contribution is 7.90. The van der Waals surface area contributed by atoms with E-state index in [1.54, 1.807) is 13.1 Å². The lowest BCUT2D eigenvalue weighted by molar-refractivity contribution is 0.469. The predicted octanol–water partition coefficient (Wildman–Crippen LogP) is 3.55. The fraction of sp³-hybridized carbons (Fsp3) is 0.100. The van der Waals surface area contributed by atoms with Crippen LogP contribution in [0.4, 0.5) is 24.5 Å². The summed E-state index contributed by atoms with van der Waals surface area (Å²) >= 11 is 0. The third kappa shape index (κ3) is 3.73. The maximum absolute atomic E-state index is 14.0. The third-order valence-corrected chi connectivity index (χ3v) is 6.27. The SMILES string of the molecule is CNCc1cn(S(=O)(=O)c2cccnc2)c2cc(Nc3c(F)cnc(F)c3F)ccc12. The molecule has 7 nitrogen and oxygen atoms in total. The average molecular weight is 447 g/mol. The normalized spacial score (nSPS) is 11.7. The van der Waals surface area contributed by atoms with E-state index in [-0.39, 0.29) is 16.1 Å². The molecule has 0 aliphatic rings. The van der Waals surface area contributed by atoms with E-state index in [0.717, 1.165) is 3.97 Å². The van der Waals surface area contributed by atoms with Gasteiger partial charge in [0.05, 0.1) is 11.7 Å². The summed E-state index contributed by atoms with van der Waals surface area (Å²) in [7, 11) is -2.27. The minimum absolute atomic E-state index is 0.0189. The largest absolute Gasteiger partial charge is 0.350 e. The van der Waals surface area contributed by atoms with Gasteiger partial charge in [-0.15, -0.1) is 0 Å². The lowest BCUT2D eigenvalue weighted by Crippen LogP contribution is -2.12. The molecule has 0 saturated heterocycles. The van der Waals surface area contributed by atoms with Gasteiger partial charge in [0.15, 0.2) is 5.82 Å². The van der Waals surface area contributed by atoms with Crippen molar-refractivity contribution >= 4 is 32.3 Å². The van der Waals surface area contributed by atoms with Crippen LogP contribution in [0.2, 0.25) is 0 Å². The van der Waals surface area contributed by atoms with Crippen molar-refractivity contribution in [3.8, 4) is 0 Å². The Labute approximate surface area is 175 Å². The molecule has 11 heteroatoms. The molecule has 160 valence electrons. The Hall–Kier alpha value is -3.44. The Morgan fingerprint density at radius 1 is 1.13 bits per heavy atom. The zero-order chi connectivity index (χ0) is 22.2. The van der Waals surface area contributed by atoms with Gasteiger partial charge in [-0.3, -0.25) is 4.98 Å². The van der Waals surface area contributed by atoms with Gasteiger partial charge in [0.25, 0.3) is 16.0 Å². The van der Waals surface area contributed by atoms with Gasteiger partial charge in [-0.25, -0.2) is 21.8 Å². The Balaban J connectivity index is 1.88. The molecule has 3 heterocycles. The quantitative estimate of drug-likeness (QED) is 0.440. The van der Waals surface area contributed by atoms with Crippen molar-refractivity contribution in [3.63, 3.8) is 0 Å². The molecule has 4 aromatic rings. The molecule has 0 radical (unpaired) electrons. The Morgan fingerprint density at radius 2 is 1.94 bits per heavy atom. The third-order valence-electron chi connectivity index (χ3n) is 4.61. The minimum atomic E-state index is -4.00. The Bertz CT molecular complexity index is 1370. The Kier molecular flexibility index (Phi) is 5.38. The van der Waals surface area contributed by atoms with Gasteiger partial charge in [0, 0.05) is 36.2 Å². The van der Waals surface area contributed by atoms with Crippen molar-refractivity contribution in [2.75, 3.05) is 12.4 Å². The van der Waals surface area contributed by atoms with E-state index >= 15 is 0 Å². The van der Waals surface area contributed by atoms with Crippen LogP contribution in [0.5, 0.6) is 0 Å². The molecular formula is C20H16F3N5O2S. The molecule has 0 aliphatic heterocycles. The molecule has 0 spiro atoms. The molecule has 3 aromatic heterocycles. The van der Waals surface area contributed by atoms with E-state index in [1.165, 1.54) is 42.9 Å². The number of benzene rings is 1. The number of nitrogens with one attached hydrogen (secondary N) is 2. The van der Waals surface area contributed by atoms with Crippen LogP contribution in [-0.2, 0) is 16.6 Å². The van der Waals surface area contributed by atoms with E-state index in [9.17, 15) is 21.6 Å². The van der Waals surface area contributed by atoms with Crippen LogP contribution in [0.25, 0.3) is 10.9 Å². The molecule has 4 rings (SSSR count). The van der Waals surface area contributed by atoms with E-state index in [4.69, 9.17) is 0 Å². The van der Waals surface area contributed by atoms with Gasteiger partial charge >= 0.3 is 0 Å². The van der Waals surface area contributed by atoms with E-state index in [1.807, 2.05) is 0 Å². The number of halogens is 3. The summed E-state index contributed by atoms with van der Waals surface area (Å²) in [5.41, 5.74) is 0.404. The van der Waals surface area contributed by atoms with Crippen molar-refractivity contribution in [1.29, 1.82) is 0 Å². The van der Waals surface area contributed by atoms with Gasteiger partial charge in [-0.2, -0.15) is 8.78 Å². The molecule has 0 atom stereocenters. The van der Waals surface area contributed by atoms with Gasteiger partial charge < -0.3 is 10.6 Å². The second-order valence-corrected chi connectivity index (χ2v) is 8.43. The smallest absolute Gasteiger partial charge is 0.269 e. The second kappa shape index (κ2) is 8.00. The first kappa shape index (κ1) is 20.8. The van der Waals surface area contributed by atoms with E-state index < -0.39 is 33.3 Å². The molecule has 0 fully saturated rings. The molecule has 1 aromatic carbocycles. The van der Waals surface area contributed by atoms with Crippen molar-refractivity contribution in [1.82, 2.24) is 19.3 Å². The highest BCUT2D eigenvalue weighted by Crippen LogP contribution is 2.31. The van der Waals surface area contributed by atoms with Gasteiger partial charge in [0.2, 0.25) is 5.82 Å². The molecule has 2 N–H and O–H groups in total. The van der Waals surface area contributed by atoms with Crippen molar-refractivity contribution in [2.45, 2.75) is 11.4 Å². The number of fused-ring (bicyclic) bond motifs is 1. The molecule has 0 bridgehead atoms. The van der Waals surface area contributed by atoms with E-state index in [0.29, 0.717) is 23.7 Å². The second-order valence-electron chi connectivity index (χ2n) is 6.62. The van der Waals surface area contributed by atoms with Crippen LogP contribution in [0.1, 0.15) is 5.56 Å². The molecule has 0 aliphatic carbocycles. The average Bonchev–Trinajstić information content (AvgIpc) is 3.13.